The molecular weight excluding hydrogens is 530 g/mol. The number of anilines is 2. The number of aromatic nitrogens is 1. The summed E-state index contributed by atoms with van der Waals surface area (Å²) in [6.07, 6.45) is -3.54. The third kappa shape index (κ3) is 6.63. The first-order valence-corrected chi connectivity index (χ1v) is 12.2. The van der Waals surface area contributed by atoms with E-state index >= 15 is 0 Å². The second-order valence-electron chi connectivity index (χ2n) is 7.15. The number of sulfone groups is 1. The average molecular weight is 548 g/mol. The van der Waals surface area contributed by atoms with E-state index < -0.39 is 50.1 Å². The van der Waals surface area contributed by atoms with Crippen LogP contribution in [0.15, 0.2) is 65.7 Å². The van der Waals surface area contributed by atoms with Gasteiger partial charge in [-0.2, -0.15) is 13.2 Å². The molecule has 2 aromatic carbocycles. The van der Waals surface area contributed by atoms with E-state index in [1.54, 1.807) is 37.4 Å². The Balaban J connectivity index is 1.70. The predicted molar refractivity (Wildman–Crippen MR) is 127 cm³/mol. The first-order valence-electron chi connectivity index (χ1n) is 9.80. The largest absolute Gasteiger partial charge is 0.417 e. The Morgan fingerprint density at radius 3 is 2.46 bits per heavy atom. The smallest absolute Gasteiger partial charge is 0.361 e. The molecule has 13 heteroatoms. The molecule has 0 spiro atoms. The topological polar surface area (TPSA) is 88.6 Å². The number of rotatable bonds is 8. The highest BCUT2D eigenvalue weighted by Gasteiger charge is 2.34. The van der Waals surface area contributed by atoms with Crippen molar-refractivity contribution in [1.29, 1.82) is 0 Å². The van der Waals surface area contributed by atoms with Gasteiger partial charge in [0.2, 0.25) is 9.84 Å². The number of para-hydroxylation sites is 1. The van der Waals surface area contributed by atoms with Crippen LogP contribution in [0.3, 0.4) is 0 Å². The van der Waals surface area contributed by atoms with Crippen molar-refractivity contribution in [2.24, 2.45) is 0 Å². The van der Waals surface area contributed by atoms with Gasteiger partial charge in [-0.05, 0) is 36.4 Å². The minimum atomic E-state index is -4.82. The molecule has 1 N–H and O–H groups in total. The number of carbonyl (C=O) groups excluding carboxylic acids is 1. The molecule has 0 atom stereocenters. The molecule has 0 aliphatic rings. The summed E-state index contributed by atoms with van der Waals surface area (Å²) in [5, 5.41) is 2.32. The predicted octanol–water partition coefficient (Wildman–Crippen LogP) is 5.50. The van der Waals surface area contributed by atoms with Crippen molar-refractivity contribution < 1.29 is 31.1 Å². The molecule has 3 aromatic rings. The molecule has 186 valence electrons. The lowest BCUT2D eigenvalue weighted by atomic mass is 10.2. The molecule has 0 saturated carbocycles. The summed E-state index contributed by atoms with van der Waals surface area (Å²) in [7, 11) is -2.68. The first-order chi connectivity index (χ1) is 16.4. The second-order valence-corrected chi connectivity index (χ2v) is 9.93. The Labute approximate surface area is 209 Å². The van der Waals surface area contributed by atoms with Crippen molar-refractivity contribution >= 4 is 50.3 Å². The summed E-state index contributed by atoms with van der Waals surface area (Å²) in [4.78, 5) is 17.8. The van der Waals surface area contributed by atoms with Crippen molar-refractivity contribution in [3.63, 3.8) is 0 Å². The molecule has 35 heavy (non-hydrogen) atoms. The van der Waals surface area contributed by atoms with Gasteiger partial charge in [0.1, 0.15) is 6.73 Å². The van der Waals surface area contributed by atoms with Crippen LogP contribution in [-0.4, -0.2) is 39.0 Å². The summed E-state index contributed by atoms with van der Waals surface area (Å²) in [5.41, 5.74) is -0.481. The first kappa shape index (κ1) is 26.7. The van der Waals surface area contributed by atoms with Gasteiger partial charge in [-0.15, -0.1) is 0 Å². The van der Waals surface area contributed by atoms with E-state index in [0.29, 0.717) is 11.8 Å². The van der Waals surface area contributed by atoms with Crippen LogP contribution in [0.4, 0.5) is 24.5 Å². The number of benzene rings is 2. The molecule has 1 aromatic heterocycles. The molecule has 1 amide bonds. The summed E-state index contributed by atoms with van der Waals surface area (Å²) in [6, 6.07) is 12.5. The van der Waals surface area contributed by atoms with Crippen LogP contribution in [0.1, 0.15) is 16.1 Å². The van der Waals surface area contributed by atoms with E-state index in [1.165, 1.54) is 17.2 Å². The Hall–Kier alpha value is -2.86. The van der Waals surface area contributed by atoms with Crippen LogP contribution in [0.5, 0.6) is 0 Å². The van der Waals surface area contributed by atoms with E-state index in [2.05, 4.69) is 10.3 Å². The summed E-state index contributed by atoms with van der Waals surface area (Å²) < 4.78 is 69.2. The number of halogens is 5. The average Bonchev–Trinajstić information content (AvgIpc) is 2.81. The fraction of sp³-hybridized carbons (Fsp3) is 0.182. The number of amides is 1. The zero-order valence-electron chi connectivity index (χ0n) is 18.0. The van der Waals surface area contributed by atoms with Gasteiger partial charge in [0.25, 0.3) is 5.91 Å². The van der Waals surface area contributed by atoms with Crippen molar-refractivity contribution in [1.82, 2.24) is 4.98 Å². The Kier molecular flexibility index (Phi) is 8.26. The Morgan fingerprint density at radius 2 is 1.80 bits per heavy atom. The zero-order valence-corrected chi connectivity index (χ0v) is 20.3. The Bertz CT molecular complexity index is 1320. The molecule has 0 aliphatic heterocycles. The number of alkyl halides is 3. The van der Waals surface area contributed by atoms with E-state index in [1.807, 2.05) is 0 Å². The number of nitrogens with zero attached hydrogens (tertiary/aromatic N) is 2. The molecule has 7 nitrogen and oxygen atoms in total. The van der Waals surface area contributed by atoms with Crippen molar-refractivity contribution in [3.05, 3.63) is 82.1 Å². The molecular formula is C22H18Cl2F3N3O4S. The zero-order chi connectivity index (χ0) is 25.8. The van der Waals surface area contributed by atoms with Gasteiger partial charge in [0.15, 0.2) is 11.6 Å². The number of hydrogen-bond donors (Lipinski definition) is 1. The monoisotopic (exact) mass is 547 g/mol. The van der Waals surface area contributed by atoms with E-state index in [0.717, 1.165) is 12.1 Å². The fourth-order valence-electron chi connectivity index (χ4n) is 2.94. The quantitative estimate of drug-likeness (QED) is 0.296. The van der Waals surface area contributed by atoms with Gasteiger partial charge in [-0.3, -0.25) is 4.79 Å². The normalized spacial score (nSPS) is 11.8. The van der Waals surface area contributed by atoms with Crippen molar-refractivity contribution in [3.8, 4) is 0 Å². The Morgan fingerprint density at radius 1 is 1.11 bits per heavy atom. The van der Waals surface area contributed by atoms with Gasteiger partial charge < -0.3 is 15.0 Å². The number of carbonyl (C=O) groups is 1. The molecule has 0 aliphatic carbocycles. The second kappa shape index (κ2) is 10.8. The molecule has 0 unspecified atom stereocenters. The van der Waals surface area contributed by atoms with Crippen LogP contribution in [0.2, 0.25) is 10.0 Å². The van der Waals surface area contributed by atoms with Crippen LogP contribution in [0.25, 0.3) is 0 Å². The lowest BCUT2D eigenvalue weighted by Gasteiger charge is -2.19. The number of hydrogen-bond acceptors (Lipinski definition) is 6. The van der Waals surface area contributed by atoms with Crippen LogP contribution in [-0.2, 0) is 20.8 Å². The number of nitrogens with one attached hydrogen (secondary N) is 1. The standard InChI is InChI=1S/C22H18Cl2F3N3O4S/c1-30(15-5-3-2-4-6-15)21(31)20-19(9-14(23)11-28-20)29-12-34-13-35(32,33)16-7-8-18(24)17(10-16)22(25,26)27/h2-11,29H,12-13H2,1H3. The lowest BCUT2D eigenvalue weighted by molar-refractivity contribution is -0.137. The van der Waals surface area contributed by atoms with Gasteiger partial charge in [-0.1, -0.05) is 41.4 Å². The summed E-state index contributed by atoms with van der Waals surface area (Å²) in [5.74, 6) is -1.40. The third-order valence-corrected chi connectivity index (χ3v) is 6.70. The SMILES string of the molecule is CN(C(=O)c1ncc(Cl)cc1NCOCS(=O)(=O)c1ccc(Cl)c(C(F)(F)F)c1)c1ccccc1. The molecule has 0 radical (unpaired) electrons. The van der Waals surface area contributed by atoms with Gasteiger partial charge in [-0.25, -0.2) is 13.4 Å². The minimum Gasteiger partial charge on any atom is -0.361 e. The fourth-order valence-corrected chi connectivity index (χ4v) is 4.33. The lowest BCUT2D eigenvalue weighted by Crippen LogP contribution is -2.28. The van der Waals surface area contributed by atoms with Crippen LogP contribution >= 0.6 is 23.2 Å². The van der Waals surface area contributed by atoms with Gasteiger partial charge in [0, 0.05) is 18.9 Å². The van der Waals surface area contributed by atoms with E-state index in [4.69, 9.17) is 27.9 Å². The molecule has 0 fully saturated rings. The highest BCUT2D eigenvalue weighted by atomic mass is 35.5. The van der Waals surface area contributed by atoms with Crippen LogP contribution < -0.4 is 10.2 Å². The molecule has 1 heterocycles. The van der Waals surface area contributed by atoms with Crippen molar-refractivity contribution in [2.45, 2.75) is 11.1 Å². The number of ether oxygens (including phenoxy) is 1. The highest BCUT2D eigenvalue weighted by Crippen LogP contribution is 2.36. The summed E-state index contributed by atoms with van der Waals surface area (Å²) in [6.45, 7) is -0.406. The minimum absolute atomic E-state index is 0.000250. The molecule has 3 rings (SSSR count). The van der Waals surface area contributed by atoms with E-state index in [-0.39, 0.29) is 16.4 Å². The van der Waals surface area contributed by atoms with Crippen LogP contribution in [0, 0.1) is 0 Å². The highest BCUT2D eigenvalue weighted by molar-refractivity contribution is 7.91. The third-order valence-electron chi connectivity index (χ3n) is 4.71. The summed E-state index contributed by atoms with van der Waals surface area (Å²) >= 11 is 11.5. The van der Waals surface area contributed by atoms with Gasteiger partial charge in [0.05, 0.1) is 26.2 Å². The molecule has 0 saturated heterocycles. The number of pyridine rings is 1. The maximum absolute atomic E-state index is 13.0. The van der Waals surface area contributed by atoms with Crippen molar-refractivity contribution in [2.75, 3.05) is 29.9 Å². The van der Waals surface area contributed by atoms with E-state index in [9.17, 15) is 26.4 Å². The maximum Gasteiger partial charge on any atom is 0.417 e. The maximum atomic E-state index is 13.0. The van der Waals surface area contributed by atoms with Gasteiger partial charge >= 0.3 is 6.18 Å². The molecule has 0 bridgehead atoms.